The average molecular weight is 381 g/mol. The average Bonchev–Trinajstić information content (AvgIpc) is 2.94. The molecular formula is C15H13ClN4O2S2. The van der Waals surface area contributed by atoms with Crippen molar-refractivity contribution in [2.75, 3.05) is 4.72 Å². The molecule has 0 saturated carbocycles. The summed E-state index contributed by atoms with van der Waals surface area (Å²) in [6.07, 6.45) is 1.59. The second-order valence-electron chi connectivity index (χ2n) is 4.88. The molecule has 0 radical (unpaired) electrons. The molecule has 24 heavy (non-hydrogen) atoms. The summed E-state index contributed by atoms with van der Waals surface area (Å²) in [6.45, 7) is 0. The van der Waals surface area contributed by atoms with E-state index in [1.165, 1.54) is 36.0 Å². The number of benzene rings is 2. The van der Waals surface area contributed by atoms with Gasteiger partial charge in [-0.2, -0.15) is 0 Å². The molecule has 1 heterocycles. The van der Waals surface area contributed by atoms with Crippen molar-refractivity contribution in [3.8, 4) is 0 Å². The van der Waals surface area contributed by atoms with Crippen LogP contribution in [0.25, 0.3) is 0 Å². The summed E-state index contributed by atoms with van der Waals surface area (Å²) in [4.78, 5) is 0.872. The van der Waals surface area contributed by atoms with Crippen LogP contribution in [0.3, 0.4) is 0 Å². The van der Waals surface area contributed by atoms with Gasteiger partial charge in [0, 0.05) is 17.0 Å². The molecule has 0 spiro atoms. The van der Waals surface area contributed by atoms with Gasteiger partial charge in [0.1, 0.15) is 6.33 Å². The highest BCUT2D eigenvalue weighted by molar-refractivity contribution is 7.99. The molecule has 0 fully saturated rings. The second kappa shape index (κ2) is 6.84. The normalized spacial score (nSPS) is 11.4. The summed E-state index contributed by atoms with van der Waals surface area (Å²) in [5.74, 6) is 0. The monoisotopic (exact) mass is 380 g/mol. The molecule has 3 rings (SSSR count). The number of nitrogens with zero attached hydrogens (tertiary/aromatic N) is 3. The van der Waals surface area contributed by atoms with E-state index in [0.717, 1.165) is 4.90 Å². The standard InChI is InChI=1S/C15H13ClN4O2S2/c1-20-10-17-18-15(20)23-14-5-3-2-4-13(14)19-24(21,22)12-8-6-11(16)7-9-12/h2-10,19H,1H3. The third kappa shape index (κ3) is 3.72. The zero-order valence-corrected chi connectivity index (χ0v) is 14.9. The van der Waals surface area contributed by atoms with E-state index in [0.29, 0.717) is 15.9 Å². The van der Waals surface area contributed by atoms with E-state index in [9.17, 15) is 8.42 Å². The van der Waals surface area contributed by atoms with Gasteiger partial charge in [-0.15, -0.1) is 10.2 Å². The van der Waals surface area contributed by atoms with Gasteiger partial charge in [0.25, 0.3) is 10.0 Å². The van der Waals surface area contributed by atoms with Crippen LogP contribution in [0, 0.1) is 0 Å². The van der Waals surface area contributed by atoms with Gasteiger partial charge in [-0.3, -0.25) is 4.72 Å². The zero-order chi connectivity index (χ0) is 17.2. The van der Waals surface area contributed by atoms with Crippen molar-refractivity contribution in [2.24, 2.45) is 7.05 Å². The maximum absolute atomic E-state index is 12.5. The molecule has 0 bridgehead atoms. The number of aryl methyl sites for hydroxylation is 1. The smallest absolute Gasteiger partial charge is 0.261 e. The topological polar surface area (TPSA) is 76.9 Å². The molecule has 124 valence electrons. The van der Waals surface area contributed by atoms with Gasteiger partial charge in [0.15, 0.2) is 5.16 Å². The Bertz CT molecular complexity index is 956. The van der Waals surface area contributed by atoms with Crippen molar-refractivity contribution < 1.29 is 8.42 Å². The molecule has 0 aliphatic heterocycles. The van der Waals surface area contributed by atoms with Gasteiger partial charge in [-0.05, 0) is 48.2 Å². The Kier molecular flexibility index (Phi) is 4.79. The van der Waals surface area contributed by atoms with Crippen LogP contribution in [0.4, 0.5) is 5.69 Å². The van der Waals surface area contributed by atoms with Crippen molar-refractivity contribution in [3.05, 3.63) is 59.9 Å². The van der Waals surface area contributed by atoms with Crippen LogP contribution in [-0.2, 0) is 17.1 Å². The molecule has 0 aliphatic rings. The minimum atomic E-state index is -3.71. The van der Waals surface area contributed by atoms with Crippen LogP contribution >= 0.6 is 23.4 Å². The van der Waals surface area contributed by atoms with Gasteiger partial charge in [0.2, 0.25) is 0 Å². The van der Waals surface area contributed by atoms with Gasteiger partial charge < -0.3 is 4.57 Å². The van der Waals surface area contributed by atoms with E-state index >= 15 is 0 Å². The minimum Gasteiger partial charge on any atom is -0.311 e. The molecule has 6 nitrogen and oxygen atoms in total. The van der Waals surface area contributed by atoms with Crippen molar-refractivity contribution in [1.82, 2.24) is 14.8 Å². The van der Waals surface area contributed by atoms with E-state index < -0.39 is 10.0 Å². The minimum absolute atomic E-state index is 0.144. The molecule has 0 aliphatic carbocycles. The van der Waals surface area contributed by atoms with Gasteiger partial charge in [-0.1, -0.05) is 23.7 Å². The second-order valence-corrected chi connectivity index (χ2v) is 8.01. The summed E-state index contributed by atoms with van der Waals surface area (Å²) in [6, 6.07) is 13.1. The first-order valence-electron chi connectivity index (χ1n) is 6.85. The fraction of sp³-hybridized carbons (Fsp3) is 0.0667. The van der Waals surface area contributed by atoms with E-state index in [1.54, 1.807) is 23.0 Å². The lowest BCUT2D eigenvalue weighted by Gasteiger charge is -2.12. The number of rotatable bonds is 5. The molecule has 1 aromatic heterocycles. The lowest BCUT2D eigenvalue weighted by molar-refractivity contribution is 0.601. The predicted molar refractivity (Wildman–Crippen MR) is 93.8 cm³/mol. The van der Waals surface area contributed by atoms with Crippen LogP contribution in [0.5, 0.6) is 0 Å². The fourth-order valence-corrected chi connectivity index (χ4v) is 4.04. The number of hydrogen-bond donors (Lipinski definition) is 1. The Balaban J connectivity index is 1.90. The highest BCUT2D eigenvalue weighted by Crippen LogP contribution is 2.33. The largest absolute Gasteiger partial charge is 0.311 e. The van der Waals surface area contributed by atoms with Gasteiger partial charge in [-0.25, -0.2) is 8.42 Å². The molecule has 3 aromatic rings. The van der Waals surface area contributed by atoms with E-state index in [4.69, 9.17) is 11.6 Å². The number of sulfonamides is 1. The first-order chi connectivity index (χ1) is 11.5. The quantitative estimate of drug-likeness (QED) is 0.733. The van der Waals surface area contributed by atoms with Gasteiger partial charge in [0.05, 0.1) is 10.6 Å². The summed E-state index contributed by atoms with van der Waals surface area (Å²) < 4.78 is 29.4. The molecule has 0 unspecified atom stereocenters. The van der Waals surface area contributed by atoms with Crippen LogP contribution in [0.15, 0.2) is 69.8 Å². The van der Waals surface area contributed by atoms with Gasteiger partial charge >= 0.3 is 0 Å². The predicted octanol–water partition coefficient (Wildman–Crippen LogP) is 3.42. The Labute approximate surface area is 148 Å². The third-order valence-electron chi connectivity index (χ3n) is 3.13. The SMILES string of the molecule is Cn1cnnc1Sc1ccccc1NS(=O)(=O)c1ccc(Cl)cc1. The van der Waals surface area contributed by atoms with Crippen LogP contribution < -0.4 is 4.72 Å². The van der Waals surface area contributed by atoms with Crippen LogP contribution in [0.1, 0.15) is 0 Å². The van der Waals surface area contributed by atoms with Crippen LogP contribution in [0.2, 0.25) is 5.02 Å². The van der Waals surface area contributed by atoms with Crippen molar-refractivity contribution in [3.63, 3.8) is 0 Å². The number of hydrogen-bond acceptors (Lipinski definition) is 5. The molecule has 9 heteroatoms. The zero-order valence-electron chi connectivity index (χ0n) is 12.5. The summed E-state index contributed by atoms with van der Waals surface area (Å²) in [7, 11) is -1.88. The number of nitrogens with one attached hydrogen (secondary N) is 1. The first-order valence-corrected chi connectivity index (χ1v) is 9.53. The molecular weight excluding hydrogens is 368 g/mol. The van der Waals surface area contributed by atoms with Crippen molar-refractivity contribution >= 4 is 39.1 Å². The van der Waals surface area contributed by atoms with E-state index in [1.807, 2.05) is 19.2 Å². The van der Waals surface area contributed by atoms with E-state index in [-0.39, 0.29) is 4.90 Å². The Morgan fingerprint density at radius 2 is 1.83 bits per heavy atom. The Morgan fingerprint density at radius 3 is 2.50 bits per heavy atom. The third-order valence-corrected chi connectivity index (χ3v) is 5.89. The molecule has 1 N–H and O–H groups in total. The maximum atomic E-state index is 12.5. The highest BCUT2D eigenvalue weighted by atomic mass is 35.5. The molecule has 0 amide bonds. The lowest BCUT2D eigenvalue weighted by atomic mass is 10.3. The highest BCUT2D eigenvalue weighted by Gasteiger charge is 2.17. The molecule has 0 atom stereocenters. The van der Waals surface area contributed by atoms with Crippen molar-refractivity contribution in [2.45, 2.75) is 14.9 Å². The maximum Gasteiger partial charge on any atom is 0.261 e. The van der Waals surface area contributed by atoms with Crippen molar-refractivity contribution in [1.29, 1.82) is 0 Å². The first kappa shape index (κ1) is 16.8. The Hall–Kier alpha value is -2.03. The summed E-state index contributed by atoms with van der Waals surface area (Å²) in [5.41, 5.74) is 0.473. The number of anilines is 1. The van der Waals surface area contributed by atoms with Crippen LogP contribution in [-0.4, -0.2) is 23.2 Å². The lowest BCUT2D eigenvalue weighted by Crippen LogP contribution is -2.13. The van der Waals surface area contributed by atoms with E-state index in [2.05, 4.69) is 14.9 Å². The number of aromatic nitrogens is 3. The summed E-state index contributed by atoms with van der Waals surface area (Å²) >= 11 is 7.13. The molecule has 0 saturated heterocycles. The fourth-order valence-electron chi connectivity index (χ4n) is 1.92. The molecule has 2 aromatic carbocycles. The Morgan fingerprint density at radius 1 is 1.12 bits per heavy atom. The number of halogens is 1. The number of para-hydroxylation sites is 1. The summed E-state index contributed by atoms with van der Waals surface area (Å²) in [5, 5.41) is 8.96.